The van der Waals surface area contributed by atoms with Crippen LogP contribution in [0, 0.1) is 17.8 Å². The lowest BCUT2D eigenvalue weighted by atomic mass is 10.2. The van der Waals surface area contributed by atoms with Crippen LogP contribution < -0.4 is 4.90 Å². The van der Waals surface area contributed by atoms with E-state index in [1.165, 1.54) is 0 Å². The van der Waals surface area contributed by atoms with Crippen molar-refractivity contribution in [1.82, 2.24) is 0 Å². The zero-order chi connectivity index (χ0) is 11.3. The van der Waals surface area contributed by atoms with Gasteiger partial charge in [0, 0.05) is 23.5 Å². The number of aliphatic hydroxyl groups is 1. The summed E-state index contributed by atoms with van der Waals surface area (Å²) in [7, 11) is 0. The molecule has 3 unspecified atom stereocenters. The number of hydrogen-bond donors (Lipinski definition) is 1. The van der Waals surface area contributed by atoms with Crippen molar-refractivity contribution in [3.63, 3.8) is 0 Å². The Morgan fingerprint density at radius 3 is 2.75 bits per heavy atom. The van der Waals surface area contributed by atoms with Crippen molar-refractivity contribution >= 4 is 27.5 Å². The van der Waals surface area contributed by atoms with E-state index in [0.717, 1.165) is 16.7 Å². The highest BCUT2D eigenvalue weighted by molar-refractivity contribution is 9.10. The van der Waals surface area contributed by atoms with Gasteiger partial charge in [-0.05, 0) is 39.9 Å². The van der Waals surface area contributed by atoms with Crippen molar-refractivity contribution in [3.8, 4) is 0 Å². The molecular weight excluding hydrogens is 270 g/mol. The Morgan fingerprint density at radius 1 is 1.44 bits per heavy atom. The molecule has 0 aromatic heterocycles. The Labute approximate surface area is 102 Å². The molecule has 84 valence electrons. The molecule has 1 saturated carbocycles. The van der Waals surface area contributed by atoms with Gasteiger partial charge in [-0.2, -0.15) is 0 Å². The minimum absolute atomic E-state index is 0.0668. The molecule has 1 N–H and O–H groups in total. The molecular formula is C12H12BrNO2. The zero-order valence-corrected chi connectivity index (χ0v) is 10.2. The molecule has 0 spiro atoms. The third-order valence-electron chi connectivity index (χ3n) is 3.63. The van der Waals surface area contributed by atoms with Gasteiger partial charge in [0.15, 0.2) is 0 Å². The molecule has 0 radical (unpaired) electrons. The quantitative estimate of drug-likeness (QED) is 0.896. The Hall–Kier alpha value is -0.870. The monoisotopic (exact) mass is 281 g/mol. The topological polar surface area (TPSA) is 40.5 Å². The number of rotatable bonds is 2. The molecule has 2 fully saturated rings. The van der Waals surface area contributed by atoms with Crippen LogP contribution in [0.25, 0.3) is 0 Å². The van der Waals surface area contributed by atoms with E-state index in [9.17, 15) is 4.79 Å². The number of anilines is 1. The lowest BCUT2D eigenvalue weighted by molar-refractivity contribution is -0.119. The molecule has 16 heavy (non-hydrogen) atoms. The highest BCUT2D eigenvalue weighted by Gasteiger charge is 2.61. The second-order valence-corrected chi connectivity index (χ2v) is 5.29. The molecule has 1 amide bonds. The van der Waals surface area contributed by atoms with Crippen molar-refractivity contribution < 1.29 is 9.90 Å². The van der Waals surface area contributed by atoms with Gasteiger partial charge in [-0.25, -0.2) is 0 Å². The number of hydrogen-bond acceptors (Lipinski definition) is 2. The number of carbonyl (C=O) groups excluding carboxylic acids is 1. The van der Waals surface area contributed by atoms with Gasteiger partial charge in [0.2, 0.25) is 5.91 Å². The molecule has 2 aliphatic rings. The number of benzene rings is 1. The van der Waals surface area contributed by atoms with Crippen molar-refractivity contribution in [1.29, 1.82) is 0 Å². The van der Waals surface area contributed by atoms with Crippen LogP contribution in [0.5, 0.6) is 0 Å². The standard InChI is InChI=1S/C12H12BrNO2/c13-9-3-1-2-4-10(9)14-5-7-8(6-15)11(7)12(14)16/h1-4,7-8,11,15H,5-6H2. The number of halogens is 1. The molecule has 3 nitrogen and oxygen atoms in total. The van der Waals surface area contributed by atoms with Crippen LogP contribution in [-0.2, 0) is 4.79 Å². The molecule has 1 aliphatic heterocycles. The van der Waals surface area contributed by atoms with Gasteiger partial charge in [-0.15, -0.1) is 0 Å². The highest BCUT2D eigenvalue weighted by atomic mass is 79.9. The summed E-state index contributed by atoms with van der Waals surface area (Å²) in [6, 6.07) is 7.75. The van der Waals surface area contributed by atoms with Crippen LogP contribution in [0.3, 0.4) is 0 Å². The fourth-order valence-electron chi connectivity index (χ4n) is 2.68. The normalized spacial score (nSPS) is 31.8. The van der Waals surface area contributed by atoms with Crippen LogP contribution >= 0.6 is 15.9 Å². The number of piperidine rings is 1. The van der Waals surface area contributed by atoms with Crippen LogP contribution in [0.1, 0.15) is 0 Å². The minimum Gasteiger partial charge on any atom is -0.396 e. The van der Waals surface area contributed by atoms with Crippen molar-refractivity contribution in [2.75, 3.05) is 18.1 Å². The van der Waals surface area contributed by atoms with E-state index in [-0.39, 0.29) is 24.3 Å². The van der Waals surface area contributed by atoms with Crippen molar-refractivity contribution in [2.45, 2.75) is 0 Å². The van der Waals surface area contributed by atoms with Gasteiger partial charge < -0.3 is 10.0 Å². The van der Waals surface area contributed by atoms with E-state index in [1.807, 2.05) is 29.2 Å². The maximum atomic E-state index is 12.1. The van der Waals surface area contributed by atoms with Gasteiger partial charge in [0.25, 0.3) is 0 Å². The summed E-state index contributed by atoms with van der Waals surface area (Å²) in [5.74, 6) is 0.809. The molecule has 3 rings (SSSR count). The first-order chi connectivity index (χ1) is 7.74. The summed E-state index contributed by atoms with van der Waals surface area (Å²) in [6.45, 7) is 0.891. The van der Waals surface area contributed by atoms with E-state index in [0.29, 0.717) is 5.92 Å². The first kappa shape index (κ1) is 10.3. The second kappa shape index (κ2) is 3.57. The van der Waals surface area contributed by atoms with Gasteiger partial charge in [0.1, 0.15) is 0 Å². The maximum absolute atomic E-state index is 12.1. The molecule has 4 heteroatoms. The maximum Gasteiger partial charge on any atom is 0.230 e. The average Bonchev–Trinajstić information content (AvgIpc) is 2.89. The van der Waals surface area contributed by atoms with Crippen molar-refractivity contribution in [3.05, 3.63) is 28.7 Å². The van der Waals surface area contributed by atoms with Crippen LogP contribution in [-0.4, -0.2) is 24.2 Å². The van der Waals surface area contributed by atoms with E-state index >= 15 is 0 Å². The molecule has 1 aliphatic carbocycles. The Kier molecular flexibility index (Phi) is 2.30. The first-order valence-electron chi connectivity index (χ1n) is 5.41. The molecule has 1 heterocycles. The zero-order valence-electron chi connectivity index (χ0n) is 8.64. The molecule has 0 bridgehead atoms. The lowest BCUT2D eigenvalue weighted by Gasteiger charge is -2.20. The third kappa shape index (κ3) is 1.33. The van der Waals surface area contributed by atoms with Gasteiger partial charge >= 0.3 is 0 Å². The molecule has 3 atom stereocenters. The average molecular weight is 282 g/mol. The Bertz CT molecular complexity index is 448. The Morgan fingerprint density at radius 2 is 2.19 bits per heavy atom. The molecule has 1 saturated heterocycles. The fourth-order valence-corrected chi connectivity index (χ4v) is 3.18. The van der Waals surface area contributed by atoms with E-state index in [2.05, 4.69) is 15.9 Å². The van der Waals surface area contributed by atoms with E-state index in [1.54, 1.807) is 0 Å². The highest BCUT2D eigenvalue weighted by Crippen LogP contribution is 2.53. The van der Waals surface area contributed by atoms with Crippen LogP contribution in [0.4, 0.5) is 5.69 Å². The number of para-hydroxylation sites is 1. The fraction of sp³-hybridized carbons (Fsp3) is 0.417. The number of amides is 1. The van der Waals surface area contributed by atoms with E-state index < -0.39 is 0 Å². The predicted molar refractivity (Wildman–Crippen MR) is 64.1 cm³/mol. The van der Waals surface area contributed by atoms with Crippen LogP contribution in [0.2, 0.25) is 0 Å². The largest absolute Gasteiger partial charge is 0.396 e. The summed E-state index contributed by atoms with van der Waals surface area (Å²) >= 11 is 3.46. The number of aliphatic hydroxyl groups excluding tert-OH is 1. The summed E-state index contributed by atoms with van der Waals surface area (Å²) in [5, 5.41) is 9.06. The second-order valence-electron chi connectivity index (χ2n) is 4.44. The van der Waals surface area contributed by atoms with E-state index in [4.69, 9.17) is 5.11 Å². The summed E-state index contributed by atoms with van der Waals surface area (Å²) in [4.78, 5) is 13.9. The summed E-state index contributed by atoms with van der Waals surface area (Å²) in [5.41, 5.74) is 0.941. The minimum atomic E-state index is 0.0668. The molecule has 1 aromatic carbocycles. The van der Waals surface area contributed by atoms with Gasteiger partial charge in [-0.3, -0.25) is 4.79 Å². The van der Waals surface area contributed by atoms with Crippen LogP contribution in [0.15, 0.2) is 28.7 Å². The first-order valence-corrected chi connectivity index (χ1v) is 6.20. The number of nitrogens with zero attached hydrogens (tertiary/aromatic N) is 1. The number of carbonyl (C=O) groups is 1. The smallest absolute Gasteiger partial charge is 0.230 e. The third-order valence-corrected chi connectivity index (χ3v) is 4.30. The summed E-state index contributed by atoms with van der Waals surface area (Å²) in [6.07, 6.45) is 0. The molecule has 1 aromatic rings. The SMILES string of the molecule is O=C1C2C(CO)C2CN1c1ccccc1Br. The van der Waals surface area contributed by atoms with Gasteiger partial charge in [0.05, 0.1) is 5.69 Å². The summed E-state index contributed by atoms with van der Waals surface area (Å²) < 4.78 is 0.949. The number of fused-ring (bicyclic) bond motifs is 1. The Balaban J connectivity index is 1.85. The predicted octanol–water partition coefficient (Wildman–Crippen LogP) is 1.65. The van der Waals surface area contributed by atoms with Gasteiger partial charge in [-0.1, -0.05) is 12.1 Å². The van der Waals surface area contributed by atoms with Crippen molar-refractivity contribution in [2.24, 2.45) is 17.8 Å². The lowest BCUT2D eigenvalue weighted by Crippen LogP contribution is -2.30.